The van der Waals surface area contributed by atoms with Crippen molar-refractivity contribution in [2.24, 2.45) is 0 Å². The summed E-state index contributed by atoms with van der Waals surface area (Å²) >= 11 is 0. The van der Waals surface area contributed by atoms with Crippen molar-refractivity contribution in [3.63, 3.8) is 0 Å². The molecule has 0 saturated heterocycles. The van der Waals surface area contributed by atoms with Crippen LogP contribution in [0, 0.1) is 0 Å². The van der Waals surface area contributed by atoms with Crippen LogP contribution in [-0.2, 0) is 6.42 Å². The lowest BCUT2D eigenvalue weighted by Gasteiger charge is -2.01. The predicted molar refractivity (Wildman–Crippen MR) is 65.6 cm³/mol. The maximum Gasteiger partial charge on any atom is 0.336 e. The van der Waals surface area contributed by atoms with Crippen LogP contribution in [0.3, 0.4) is 0 Å². The standard InChI is InChI=1S/C14H14O2/c1-2-3-4-5-11-6-7-12-8-9-14(15)16-13(12)10-11/h2,6-10H,1,3-5H2. The Morgan fingerprint density at radius 2 is 2.06 bits per heavy atom. The fourth-order valence-electron chi connectivity index (χ4n) is 1.71. The summed E-state index contributed by atoms with van der Waals surface area (Å²) < 4.78 is 5.13. The fraction of sp³-hybridized carbons (Fsp3) is 0.214. The Bertz CT molecular complexity index is 552. The van der Waals surface area contributed by atoms with E-state index >= 15 is 0 Å². The normalized spacial score (nSPS) is 10.5. The van der Waals surface area contributed by atoms with E-state index in [-0.39, 0.29) is 5.63 Å². The van der Waals surface area contributed by atoms with Gasteiger partial charge in [-0.15, -0.1) is 6.58 Å². The minimum Gasteiger partial charge on any atom is -0.423 e. The van der Waals surface area contributed by atoms with Gasteiger partial charge in [0.1, 0.15) is 5.58 Å². The molecule has 2 aromatic rings. The Hall–Kier alpha value is -1.83. The summed E-state index contributed by atoms with van der Waals surface area (Å²) in [6, 6.07) is 9.24. The number of fused-ring (bicyclic) bond motifs is 1. The van der Waals surface area contributed by atoms with Crippen LogP contribution in [0.4, 0.5) is 0 Å². The first-order valence-corrected chi connectivity index (χ1v) is 5.43. The van der Waals surface area contributed by atoms with Gasteiger partial charge >= 0.3 is 5.63 Å². The maximum atomic E-state index is 11.1. The Labute approximate surface area is 94.2 Å². The van der Waals surface area contributed by atoms with E-state index in [4.69, 9.17) is 4.42 Å². The van der Waals surface area contributed by atoms with Crippen molar-refractivity contribution in [1.29, 1.82) is 0 Å². The molecule has 0 aliphatic rings. The molecule has 2 rings (SSSR count). The van der Waals surface area contributed by atoms with Gasteiger partial charge in [-0.3, -0.25) is 0 Å². The smallest absolute Gasteiger partial charge is 0.336 e. The summed E-state index contributed by atoms with van der Waals surface area (Å²) in [5.74, 6) is 0. The van der Waals surface area contributed by atoms with Gasteiger partial charge in [0.05, 0.1) is 0 Å². The second kappa shape index (κ2) is 4.79. The summed E-state index contributed by atoms with van der Waals surface area (Å²) in [4.78, 5) is 11.1. The molecule has 0 spiro atoms. The molecule has 0 N–H and O–H groups in total. The zero-order valence-corrected chi connectivity index (χ0v) is 9.11. The van der Waals surface area contributed by atoms with E-state index in [1.165, 1.54) is 11.6 Å². The van der Waals surface area contributed by atoms with E-state index in [1.807, 2.05) is 18.2 Å². The van der Waals surface area contributed by atoms with E-state index in [1.54, 1.807) is 6.07 Å². The van der Waals surface area contributed by atoms with Gasteiger partial charge in [-0.2, -0.15) is 0 Å². The lowest BCUT2D eigenvalue weighted by Crippen LogP contribution is -1.95. The summed E-state index contributed by atoms with van der Waals surface area (Å²) in [7, 11) is 0. The fourth-order valence-corrected chi connectivity index (χ4v) is 1.71. The van der Waals surface area contributed by atoms with Gasteiger partial charge in [0.15, 0.2) is 0 Å². The molecule has 1 heterocycles. The molecule has 0 aliphatic carbocycles. The van der Waals surface area contributed by atoms with E-state index < -0.39 is 0 Å². The lowest BCUT2D eigenvalue weighted by molar-refractivity contribution is 0.560. The molecule has 2 heteroatoms. The highest BCUT2D eigenvalue weighted by Crippen LogP contribution is 2.15. The van der Waals surface area contributed by atoms with Gasteiger partial charge in [-0.1, -0.05) is 18.2 Å². The third-order valence-electron chi connectivity index (χ3n) is 2.56. The van der Waals surface area contributed by atoms with Crippen molar-refractivity contribution in [1.82, 2.24) is 0 Å². The van der Waals surface area contributed by atoms with Crippen molar-refractivity contribution in [2.75, 3.05) is 0 Å². The second-order valence-corrected chi connectivity index (χ2v) is 3.81. The minimum absolute atomic E-state index is 0.296. The van der Waals surface area contributed by atoms with Crippen LogP contribution in [-0.4, -0.2) is 0 Å². The molecule has 0 aliphatic heterocycles. The molecular formula is C14H14O2. The van der Waals surface area contributed by atoms with E-state index in [0.29, 0.717) is 5.58 Å². The number of aryl methyl sites for hydroxylation is 1. The largest absolute Gasteiger partial charge is 0.423 e. The van der Waals surface area contributed by atoms with E-state index in [9.17, 15) is 4.79 Å². The first kappa shape index (κ1) is 10.7. The lowest BCUT2D eigenvalue weighted by atomic mass is 10.1. The Morgan fingerprint density at radius 1 is 1.25 bits per heavy atom. The number of allylic oxidation sites excluding steroid dienone is 1. The van der Waals surface area contributed by atoms with Crippen LogP contribution < -0.4 is 5.63 Å². The summed E-state index contributed by atoms with van der Waals surface area (Å²) in [6.07, 6.45) is 4.99. The summed E-state index contributed by atoms with van der Waals surface area (Å²) in [5, 5.41) is 0.965. The second-order valence-electron chi connectivity index (χ2n) is 3.81. The summed E-state index contributed by atoms with van der Waals surface area (Å²) in [6.45, 7) is 3.69. The molecule has 0 amide bonds. The topological polar surface area (TPSA) is 30.2 Å². The Balaban J connectivity index is 2.28. The van der Waals surface area contributed by atoms with Crippen LogP contribution in [0.2, 0.25) is 0 Å². The SMILES string of the molecule is C=CCCCc1ccc2ccc(=O)oc2c1. The molecule has 0 bridgehead atoms. The molecule has 16 heavy (non-hydrogen) atoms. The third kappa shape index (κ3) is 2.40. The van der Waals surface area contributed by atoms with Crippen LogP contribution in [0.15, 0.2) is 52.2 Å². The molecule has 0 fully saturated rings. The van der Waals surface area contributed by atoms with Crippen molar-refractivity contribution < 1.29 is 4.42 Å². The van der Waals surface area contributed by atoms with Gasteiger partial charge < -0.3 is 4.42 Å². The third-order valence-corrected chi connectivity index (χ3v) is 2.56. The van der Waals surface area contributed by atoms with Gasteiger partial charge in [0.2, 0.25) is 0 Å². The molecule has 0 saturated carbocycles. The predicted octanol–water partition coefficient (Wildman–Crippen LogP) is 3.30. The number of hydrogen-bond acceptors (Lipinski definition) is 2. The van der Waals surface area contributed by atoms with Crippen molar-refractivity contribution in [2.45, 2.75) is 19.3 Å². The maximum absolute atomic E-state index is 11.1. The van der Waals surface area contributed by atoms with Crippen LogP contribution in [0.5, 0.6) is 0 Å². The first-order valence-electron chi connectivity index (χ1n) is 5.43. The molecule has 2 nitrogen and oxygen atoms in total. The van der Waals surface area contributed by atoms with Crippen LogP contribution in [0.1, 0.15) is 18.4 Å². The van der Waals surface area contributed by atoms with Crippen molar-refractivity contribution >= 4 is 11.0 Å². The van der Waals surface area contributed by atoms with Gasteiger partial charge in [0, 0.05) is 11.5 Å². The van der Waals surface area contributed by atoms with Crippen LogP contribution >= 0.6 is 0 Å². The number of hydrogen-bond donors (Lipinski definition) is 0. The highest BCUT2D eigenvalue weighted by Gasteiger charge is 1.99. The van der Waals surface area contributed by atoms with Gasteiger partial charge in [-0.25, -0.2) is 4.79 Å². The minimum atomic E-state index is -0.296. The Kier molecular flexibility index (Phi) is 3.20. The van der Waals surface area contributed by atoms with Crippen molar-refractivity contribution in [3.05, 3.63) is 59.0 Å². The zero-order chi connectivity index (χ0) is 11.4. The average Bonchev–Trinajstić information content (AvgIpc) is 2.29. The number of unbranched alkanes of at least 4 members (excludes halogenated alkanes) is 1. The van der Waals surface area contributed by atoms with E-state index in [0.717, 1.165) is 24.6 Å². The molecule has 0 radical (unpaired) electrons. The molecule has 82 valence electrons. The van der Waals surface area contributed by atoms with Gasteiger partial charge in [-0.05, 0) is 37.0 Å². The number of benzene rings is 1. The first-order chi connectivity index (χ1) is 7.79. The van der Waals surface area contributed by atoms with E-state index in [2.05, 4.69) is 12.6 Å². The molecule has 1 aromatic heterocycles. The molecule has 1 aromatic carbocycles. The van der Waals surface area contributed by atoms with Crippen molar-refractivity contribution in [3.8, 4) is 0 Å². The molecule has 0 atom stereocenters. The highest BCUT2D eigenvalue weighted by molar-refractivity contribution is 5.76. The monoisotopic (exact) mass is 214 g/mol. The quantitative estimate of drug-likeness (QED) is 0.444. The van der Waals surface area contributed by atoms with Gasteiger partial charge in [0.25, 0.3) is 0 Å². The number of rotatable bonds is 4. The molecular weight excluding hydrogens is 200 g/mol. The van der Waals surface area contributed by atoms with Crippen LogP contribution in [0.25, 0.3) is 11.0 Å². The molecule has 0 unspecified atom stereocenters. The zero-order valence-electron chi connectivity index (χ0n) is 9.11. The summed E-state index contributed by atoms with van der Waals surface area (Å²) in [5.41, 5.74) is 1.57. The average molecular weight is 214 g/mol. The highest BCUT2D eigenvalue weighted by atomic mass is 16.4. The Morgan fingerprint density at radius 3 is 2.88 bits per heavy atom.